The molecular weight excluding hydrogens is 686 g/mol. The van der Waals surface area contributed by atoms with Gasteiger partial charge in [0.05, 0.1) is 23.4 Å². The third kappa shape index (κ3) is 10.3. The number of amides is 2. The van der Waals surface area contributed by atoms with E-state index in [0.29, 0.717) is 28.3 Å². The molecule has 2 fully saturated rings. The molecule has 0 aromatic heterocycles. The van der Waals surface area contributed by atoms with Gasteiger partial charge in [0.15, 0.2) is 0 Å². The maximum Gasteiger partial charge on any atom is 0.673 e. The van der Waals surface area contributed by atoms with Crippen LogP contribution in [0.5, 0.6) is 5.75 Å². The fourth-order valence-corrected chi connectivity index (χ4v) is 13.3. The third-order valence-corrected chi connectivity index (χ3v) is 15.0. The number of benzene rings is 1. The molecular formula is C31H43BF4NO3P2Rh-. The maximum atomic E-state index is 13.8. The minimum absolute atomic E-state index is 0. The monoisotopic (exact) mass is 729 g/mol. The van der Waals surface area contributed by atoms with Crippen LogP contribution in [0.15, 0.2) is 59.2 Å². The molecule has 241 valence electrons. The molecule has 12 heteroatoms. The Morgan fingerprint density at radius 1 is 0.674 bits per heavy atom. The fraction of sp³-hybridized carbons (Fsp3) is 0.548. The minimum Gasteiger partial charge on any atom is -0.497 e. The van der Waals surface area contributed by atoms with Crippen LogP contribution in [0.4, 0.5) is 23.0 Å². The first-order chi connectivity index (χ1) is 19.8. The molecule has 0 spiro atoms. The number of carbonyl (C=O) groups is 2. The number of ether oxygens (including phenoxy) is 1. The van der Waals surface area contributed by atoms with Gasteiger partial charge in [-0.1, -0.05) is 67.8 Å². The van der Waals surface area contributed by atoms with Crippen molar-refractivity contribution in [1.29, 1.82) is 0 Å². The van der Waals surface area contributed by atoms with Crippen LogP contribution in [0, 0.1) is 0 Å². The van der Waals surface area contributed by atoms with E-state index in [1.807, 2.05) is 24.3 Å². The van der Waals surface area contributed by atoms with Crippen LogP contribution in [-0.2, 0) is 29.1 Å². The molecule has 1 radical (unpaired) electrons. The molecule has 4 aliphatic rings. The molecule has 1 aromatic rings. The van der Waals surface area contributed by atoms with E-state index in [1.165, 1.54) is 30.6 Å². The zero-order valence-corrected chi connectivity index (χ0v) is 29.0. The largest absolute Gasteiger partial charge is 0.673 e. The van der Waals surface area contributed by atoms with Crippen molar-refractivity contribution in [3.63, 3.8) is 0 Å². The summed E-state index contributed by atoms with van der Waals surface area (Å²) in [6.07, 6.45) is 18.7. The third-order valence-electron chi connectivity index (χ3n) is 8.12. The molecule has 1 aliphatic carbocycles. The molecule has 4 atom stereocenters. The smallest absolute Gasteiger partial charge is 0.497 e. The van der Waals surface area contributed by atoms with Crippen LogP contribution in [0.25, 0.3) is 0 Å². The number of allylic oxidation sites excluding steroid dienone is 4. The van der Waals surface area contributed by atoms with E-state index >= 15 is 0 Å². The summed E-state index contributed by atoms with van der Waals surface area (Å²) >= 11 is 0. The van der Waals surface area contributed by atoms with Crippen LogP contribution >= 0.6 is 15.8 Å². The van der Waals surface area contributed by atoms with Gasteiger partial charge in [0, 0.05) is 19.5 Å². The molecule has 3 aliphatic heterocycles. The Balaban J connectivity index is 0.000000384. The van der Waals surface area contributed by atoms with Gasteiger partial charge in [0.25, 0.3) is 11.8 Å². The van der Waals surface area contributed by atoms with E-state index < -0.39 is 23.1 Å². The quantitative estimate of drug-likeness (QED) is 0.102. The van der Waals surface area contributed by atoms with E-state index in [1.54, 1.807) is 7.11 Å². The molecule has 1 aromatic carbocycles. The van der Waals surface area contributed by atoms with Crippen molar-refractivity contribution in [1.82, 2.24) is 0 Å². The fourth-order valence-electron chi connectivity index (χ4n) is 6.07. The van der Waals surface area contributed by atoms with Gasteiger partial charge >= 0.3 is 7.25 Å². The molecule has 5 rings (SSSR count). The number of carbonyl (C=O) groups excluding carboxylic acids is 2. The summed E-state index contributed by atoms with van der Waals surface area (Å²) in [5.41, 5.74) is 2.72. The van der Waals surface area contributed by atoms with Crippen LogP contribution in [-0.4, -0.2) is 48.8 Å². The number of imide groups is 1. The van der Waals surface area contributed by atoms with Gasteiger partial charge in [-0.3, -0.25) is 9.59 Å². The van der Waals surface area contributed by atoms with E-state index in [9.17, 15) is 26.9 Å². The van der Waals surface area contributed by atoms with E-state index in [4.69, 9.17) is 4.74 Å². The summed E-state index contributed by atoms with van der Waals surface area (Å²) in [6, 6.07) is 7.31. The van der Waals surface area contributed by atoms with Gasteiger partial charge in [-0.2, -0.15) is 0 Å². The van der Waals surface area contributed by atoms with Gasteiger partial charge in [0.2, 0.25) is 0 Å². The first-order valence-electron chi connectivity index (χ1n) is 14.9. The number of hydrogen-bond donors (Lipinski definition) is 0. The number of methoxy groups -OCH3 is 1. The van der Waals surface area contributed by atoms with E-state index in [0.717, 1.165) is 42.1 Å². The van der Waals surface area contributed by atoms with Crippen molar-refractivity contribution < 1.29 is 51.1 Å². The van der Waals surface area contributed by atoms with Crippen LogP contribution in [0.1, 0.15) is 79.1 Å². The summed E-state index contributed by atoms with van der Waals surface area (Å²) in [6.45, 7) is 9.12. The SMILES string of the molecule is C1=C\CC/C=C\CC/1.COc1ccc(N2C(=O)C(P3[C@H](C)CC[C@H]3C)=C(P3[C@H](C)CC[C@H]3C)C2=O)cc1.F[B-](F)(F)F.[Rh]. The second-order valence-corrected chi connectivity index (χ2v) is 17.3. The zero-order valence-electron chi connectivity index (χ0n) is 25.6. The Labute approximate surface area is 269 Å². The predicted molar refractivity (Wildman–Crippen MR) is 170 cm³/mol. The van der Waals surface area contributed by atoms with Gasteiger partial charge in [0.1, 0.15) is 5.75 Å². The van der Waals surface area contributed by atoms with Crippen molar-refractivity contribution in [3.8, 4) is 5.75 Å². The van der Waals surface area contributed by atoms with Gasteiger partial charge in [-0.25, -0.2) is 4.90 Å². The number of rotatable bonds is 4. The minimum atomic E-state index is -6.00. The van der Waals surface area contributed by atoms with Crippen LogP contribution in [0.3, 0.4) is 0 Å². The molecule has 2 amide bonds. The van der Waals surface area contributed by atoms with Crippen molar-refractivity contribution in [3.05, 3.63) is 59.2 Å². The average Bonchev–Trinajstić information content (AvgIpc) is 3.49. The Morgan fingerprint density at radius 3 is 1.26 bits per heavy atom. The standard InChI is InChI=1S/C23H31NO3P2.C8H12.BF4.Rh/c1-14-6-7-15(2)28(14)20-21(29-16(3)8-9-17(29)4)23(26)24(22(20)25)18-10-12-19(27-5)13-11-18;1-2-4-6-8-7-5-3-1;2-1(3,4)5;/h10-17H,6-9H2,1-5H3;1-2,7-8H,3-6H2;;/q;;-1;/b;2-1-,8-7-;;/t14-,15-,16-,17-;;;/m1.../s1. The van der Waals surface area contributed by atoms with Crippen molar-refractivity contribution in [2.75, 3.05) is 12.0 Å². The molecule has 43 heavy (non-hydrogen) atoms. The summed E-state index contributed by atoms with van der Waals surface area (Å²) in [7, 11) is -5.57. The molecule has 3 heterocycles. The van der Waals surface area contributed by atoms with Crippen LogP contribution in [0.2, 0.25) is 0 Å². The van der Waals surface area contributed by atoms with Crippen molar-refractivity contribution in [2.45, 2.75) is 102 Å². The molecule has 0 bridgehead atoms. The predicted octanol–water partition coefficient (Wildman–Crippen LogP) is 9.86. The van der Waals surface area contributed by atoms with Crippen molar-refractivity contribution in [2.24, 2.45) is 0 Å². The second-order valence-electron chi connectivity index (χ2n) is 11.3. The molecule has 0 saturated carbocycles. The summed E-state index contributed by atoms with van der Waals surface area (Å²) in [5, 5.41) is 1.84. The van der Waals surface area contributed by atoms with E-state index in [-0.39, 0.29) is 31.3 Å². The topological polar surface area (TPSA) is 46.6 Å². The van der Waals surface area contributed by atoms with Gasteiger partial charge < -0.3 is 22.0 Å². The van der Waals surface area contributed by atoms with E-state index in [2.05, 4.69) is 52.0 Å². The number of anilines is 1. The Morgan fingerprint density at radius 2 is 0.977 bits per heavy atom. The summed E-state index contributed by atoms with van der Waals surface area (Å²) in [4.78, 5) is 29.0. The number of nitrogens with zero attached hydrogens (tertiary/aromatic N) is 1. The molecule has 0 N–H and O–H groups in total. The molecule has 2 saturated heterocycles. The normalized spacial score (nSPS) is 27.8. The summed E-state index contributed by atoms with van der Waals surface area (Å²) < 4.78 is 44.3. The Kier molecular flexibility index (Phi) is 15.3. The first-order valence-corrected chi connectivity index (χ1v) is 17.8. The van der Waals surface area contributed by atoms with Crippen LogP contribution < -0.4 is 9.64 Å². The number of hydrogen-bond acceptors (Lipinski definition) is 3. The van der Waals surface area contributed by atoms with Gasteiger partial charge in [-0.15, -0.1) is 0 Å². The number of halogens is 4. The average molecular weight is 729 g/mol. The maximum absolute atomic E-state index is 13.8. The molecule has 4 nitrogen and oxygen atoms in total. The summed E-state index contributed by atoms with van der Waals surface area (Å²) in [5.74, 6) is 0.637. The Hall–Kier alpha value is -1.35. The van der Waals surface area contributed by atoms with Crippen molar-refractivity contribution >= 4 is 40.6 Å². The van der Waals surface area contributed by atoms with Gasteiger partial charge in [-0.05, 0) is 98.3 Å². The Bertz CT molecular complexity index is 1080. The zero-order chi connectivity index (χ0) is 31.0. The first kappa shape index (κ1) is 37.8. The molecule has 0 unspecified atom stereocenters. The second kappa shape index (κ2) is 17.4.